The Morgan fingerprint density at radius 1 is 1.35 bits per heavy atom. The number of H-pyrrole nitrogens is 1. The lowest BCUT2D eigenvalue weighted by Crippen LogP contribution is -1.95. The molecule has 0 unspecified atom stereocenters. The van der Waals surface area contributed by atoms with Crippen LogP contribution in [0.4, 0.5) is 0 Å². The first-order valence-corrected chi connectivity index (χ1v) is 5.79. The van der Waals surface area contributed by atoms with Crippen LogP contribution in [0.3, 0.4) is 0 Å². The SMILES string of the molecule is COc1cc(O)c(Cl)c(-c2cc(C(=O)O)[nH]n2)c1OC. The van der Waals surface area contributed by atoms with Gasteiger partial charge in [-0.2, -0.15) is 5.10 Å². The summed E-state index contributed by atoms with van der Waals surface area (Å²) in [6.45, 7) is 0. The van der Waals surface area contributed by atoms with E-state index in [0.29, 0.717) is 0 Å². The van der Waals surface area contributed by atoms with Crippen LogP contribution in [0.1, 0.15) is 10.5 Å². The van der Waals surface area contributed by atoms with Crippen molar-refractivity contribution >= 4 is 17.6 Å². The van der Waals surface area contributed by atoms with Gasteiger partial charge in [-0.1, -0.05) is 11.6 Å². The largest absolute Gasteiger partial charge is 0.506 e. The summed E-state index contributed by atoms with van der Waals surface area (Å²) in [6.07, 6.45) is 0. The number of carbonyl (C=O) groups is 1. The Morgan fingerprint density at radius 3 is 2.55 bits per heavy atom. The highest BCUT2D eigenvalue weighted by Crippen LogP contribution is 2.47. The first-order chi connectivity index (χ1) is 9.49. The first kappa shape index (κ1) is 14.0. The van der Waals surface area contributed by atoms with Gasteiger partial charge in [-0.3, -0.25) is 5.10 Å². The molecule has 106 valence electrons. The van der Waals surface area contributed by atoms with Gasteiger partial charge in [0.1, 0.15) is 11.4 Å². The number of halogens is 1. The summed E-state index contributed by atoms with van der Waals surface area (Å²) < 4.78 is 10.3. The fraction of sp³-hybridized carbons (Fsp3) is 0.167. The van der Waals surface area contributed by atoms with Crippen LogP contribution in [0.15, 0.2) is 12.1 Å². The van der Waals surface area contributed by atoms with Crippen molar-refractivity contribution < 1.29 is 24.5 Å². The standard InChI is InChI=1S/C12H11ClN2O5/c1-19-8-4-7(16)10(13)9(11(8)20-2)5-3-6(12(17)18)15-14-5/h3-4,16H,1-2H3,(H,14,15)(H,17,18). The van der Waals surface area contributed by atoms with Crippen LogP contribution >= 0.6 is 11.6 Å². The van der Waals surface area contributed by atoms with E-state index in [4.69, 9.17) is 26.2 Å². The molecule has 2 aromatic rings. The second-order valence-corrected chi connectivity index (χ2v) is 4.17. The van der Waals surface area contributed by atoms with Crippen molar-refractivity contribution in [2.75, 3.05) is 14.2 Å². The van der Waals surface area contributed by atoms with E-state index in [1.165, 1.54) is 26.4 Å². The molecular formula is C12H11ClN2O5. The first-order valence-electron chi connectivity index (χ1n) is 5.42. The molecule has 0 aliphatic heterocycles. The Bertz CT molecular complexity index is 668. The van der Waals surface area contributed by atoms with Crippen molar-refractivity contribution in [1.82, 2.24) is 10.2 Å². The lowest BCUT2D eigenvalue weighted by molar-refractivity contribution is 0.0690. The number of phenols is 1. The molecule has 0 amide bonds. The second kappa shape index (κ2) is 5.30. The third kappa shape index (κ3) is 2.23. The van der Waals surface area contributed by atoms with Crippen LogP contribution in [-0.4, -0.2) is 40.6 Å². The van der Waals surface area contributed by atoms with Crippen molar-refractivity contribution in [3.05, 3.63) is 22.8 Å². The van der Waals surface area contributed by atoms with E-state index >= 15 is 0 Å². The van der Waals surface area contributed by atoms with E-state index < -0.39 is 5.97 Å². The summed E-state index contributed by atoms with van der Waals surface area (Å²) >= 11 is 6.04. The molecule has 0 bridgehead atoms. The average Bonchev–Trinajstić information content (AvgIpc) is 2.90. The van der Waals surface area contributed by atoms with Crippen molar-refractivity contribution in [3.63, 3.8) is 0 Å². The molecule has 1 aromatic carbocycles. The van der Waals surface area contributed by atoms with E-state index in [9.17, 15) is 9.90 Å². The molecule has 0 spiro atoms. The molecule has 1 aromatic heterocycles. The number of phenolic OH excluding ortho intramolecular Hbond substituents is 1. The quantitative estimate of drug-likeness (QED) is 0.799. The van der Waals surface area contributed by atoms with Gasteiger partial charge in [0.15, 0.2) is 11.5 Å². The minimum Gasteiger partial charge on any atom is -0.506 e. The van der Waals surface area contributed by atoms with Crippen LogP contribution in [0.5, 0.6) is 17.2 Å². The number of nitrogens with one attached hydrogen (secondary N) is 1. The van der Waals surface area contributed by atoms with Crippen molar-refractivity contribution in [3.8, 4) is 28.5 Å². The van der Waals surface area contributed by atoms with Crippen molar-refractivity contribution in [2.24, 2.45) is 0 Å². The number of aromatic hydroxyl groups is 1. The molecule has 2 rings (SSSR count). The molecular weight excluding hydrogens is 288 g/mol. The minimum absolute atomic E-state index is 0.00825. The number of methoxy groups -OCH3 is 2. The minimum atomic E-state index is -1.16. The number of hydrogen-bond donors (Lipinski definition) is 3. The summed E-state index contributed by atoms with van der Waals surface area (Å²) in [5.74, 6) is -0.881. The number of ether oxygens (including phenoxy) is 2. The Kier molecular flexibility index (Phi) is 3.71. The maximum Gasteiger partial charge on any atom is 0.353 e. The van der Waals surface area contributed by atoms with Crippen LogP contribution in [0.2, 0.25) is 5.02 Å². The van der Waals surface area contributed by atoms with E-state index in [-0.39, 0.29) is 39.2 Å². The topological polar surface area (TPSA) is 105 Å². The maximum absolute atomic E-state index is 10.9. The molecule has 0 saturated carbocycles. The maximum atomic E-state index is 10.9. The van der Waals surface area contributed by atoms with Crippen LogP contribution in [-0.2, 0) is 0 Å². The molecule has 0 fully saturated rings. The summed E-state index contributed by atoms with van der Waals surface area (Å²) in [5, 5.41) is 24.9. The molecule has 0 aliphatic rings. The second-order valence-electron chi connectivity index (χ2n) is 3.79. The lowest BCUT2D eigenvalue weighted by atomic mass is 10.1. The molecule has 8 heteroatoms. The van der Waals surface area contributed by atoms with Gasteiger partial charge in [-0.05, 0) is 6.07 Å². The van der Waals surface area contributed by atoms with Crippen molar-refractivity contribution in [1.29, 1.82) is 0 Å². The smallest absolute Gasteiger partial charge is 0.353 e. The molecule has 7 nitrogen and oxygen atoms in total. The normalized spacial score (nSPS) is 10.3. The van der Waals surface area contributed by atoms with Gasteiger partial charge in [-0.25, -0.2) is 4.79 Å². The number of aromatic nitrogens is 2. The molecule has 0 aliphatic carbocycles. The Morgan fingerprint density at radius 2 is 2.05 bits per heavy atom. The predicted octanol–water partition coefficient (Wildman–Crippen LogP) is 2.15. The fourth-order valence-corrected chi connectivity index (χ4v) is 1.98. The van der Waals surface area contributed by atoms with E-state index in [1.54, 1.807) is 0 Å². The third-order valence-corrected chi connectivity index (χ3v) is 3.03. The summed E-state index contributed by atoms with van der Waals surface area (Å²) in [4.78, 5) is 10.9. The third-order valence-electron chi connectivity index (χ3n) is 2.65. The number of hydrogen-bond acceptors (Lipinski definition) is 5. The van der Waals surface area contributed by atoms with Gasteiger partial charge in [0.05, 0.1) is 30.5 Å². The summed E-state index contributed by atoms with van der Waals surface area (Å²) in [5.41, 5.74) is 0.355. The molecule has 1 heterocycles. The van der Waals surface area contributed by atoms with Gasteiger partial charge >= 0.3 is 5.97 Å². The summed E-state index contributed by atoms with van der Waals surface area (Å²) in [6, 6.07) is 2.58. The zero-order valence-corrected chi connectivity index (χ0v) is 11.4. The van der Waals surface area contributed by atoms with Gasteiger partial charge in [0, 0.05) is 6.07 Å². The highest BCUT2D eigenvalue weighted by atomic mass is 35.5. The van der Waals surface area contributed by atoms with Crippen molar-refractivity contribution in [2.45, 2.75) is 0 Å². The van der Waals surface area contributed by atoms with Gasteiger partial charge < -0.3 is 19.7 Å². The van der Waals surface area contributed by atoms with E-state index in [0.717, 1.165) is 0 Å². The lowest BCUT2D eigenvalue weighted by Gasteiger charge is -2.13. The number of carboxylic acids is 1. The number of aromatic carboxylic acids is 1. The van der Waals surface area contributed by atoms with Gasteiger partial charge in [0.25, 0.3) is 0 Å². The van der Waals surface area contributed by atoms with Crippen LogP contribution in [0, 0.1) is 0 Å². The number of nitrogens with zero attached hydrogens (tertiary/aromatic N) is 1. The number of benzene rings is 1. The van der Waals surface area contributed by atoms with Crippen LogP contribution in [0.25, 0.3) is 11.3 Å². The Labute approximate surface area is 118 Å². The predicted molar refractivity (Wildman–Crippen MR) is 70.8 cm³/mol. The van der Waals surface area contributed by atoms with E-state index in [2.05, 4.69) is 10.2 Å². The zero-order chi connectivity index (χ0) is 14.9. The highest BCUT2D eigenvalue weighted by Gasteiger charge is 2.22. The van der Waals surface area contributed by atoms with E-state index in [1.807, 2.05) is 0 Å². The summed E-state index contributed by atoms with van der Waals surface area (Å²) in [7, 11) is 2.81. The highest BCUT2D eigenvalue weighted by molar-refractivity contribution is 6.35. The van der Waals surface area contributed by atoms with Gasteiger partial charge in [0.2, 0.25) is 0 Å². The molecule has 0 atom stereocenters. The monoisotopic (exact) mass is 298 g/mol. The average molecular weight is 299 g/mol. The molecule has 0 saturated heterocycles. The number of aromatic amines is 1. The zero-order valence-electron chi connectivity index (χ0n) is 10.6. The fourth-order valence-electron chi connectivity index (χ4n) is 1.75. The molecule has 0 radical (unpaired) electrons. The Hall–Kier alpha value is -2.41. The Balaban J connectivity index is 2.70. The number of rotatable bonds is 4. The number of carboxylic acid groups (broad SMARTS) is 1. The molecule has 20 heavy (non-hydrogen) atoms. The van der Waals surface area contributed by atoms with Gasteiger partial charge in [-0.15, -0.1) is 0 Å². The molecule has 3 N–H and O–H groups in total. The van der Waals surface area contributed by atoms with Crippen LogP contribution < -0.4 is 9.47 Å².